The summed E-state index contributed by atoms with van der Waals surface area (Å²) in [7, 11) is 0. The summed E-state index contributed by atoms with van der Waals surface area (Å²) in [4.78, 5) is 0. The van der Waals surface area contributed by atoms with Gasteiger partial charge in [0.1, 0.15) is 17.3 Å². The Balaban J connectivity index is 2.12. The third-order valence-electron chi connectivity index (χ3n) is 3.00. The van der Waals surface area contributed by atoms with Crippen LogP contribution in [0.4, 0.5) is 0 Å². The zero-order valence-electron chi connectivity index (χ0n) is 9.26. The molecule has 2 heteroatoms. The Hall–Kier alpha value is -2.22. The van der Waals surface area contributed by atoms with Crippen LogP contribution >= 0.6 is 0 Å². The number of ether oxygens (including phenoxy) is 1. The van der Waals surface area contributed by atoms with Gasteiger partial charge in [-0.05, 0) is 11.6 Å². The summed E-state index contributed by atoms with van der Waals surface area (Å²) < 4.78 is 5.60. The van der Waals surface area contributed by atoms with Crippen LogP contribution in [0.5, 0.6) is 11.5 Å². The topological polar surface area (TPSA) is 29.5 Å². The van der Waals surface area contributed by atoms with E-state index in [1.165, 1.54) is 0 Å². The minimum Gasteiger partial charge on any atom is -0.508 e. The summed E-state index contributed by atoms with van der Waals surface area (Å²) in [6.07, 6.45) is 0. The van der Waals surface area contributed by atoms with E-state index in [4.69, 9.17) is 4.74 Å². The summed E-state index contributed by atoms with van der Waals surface area (Å²) in [6, 6.07) is 15.3. The van der Waals surface area contributed by atoms with Crippen LogP contribution in [0.15, 0.2) is 60.9 Å². The normalized spacial score (nSPS) is 17.6. The molecule has 17 heavy (non-hydrogen) atoms. The van der Waals surface area contributed by atoms with Crippen LogP contribution in [0.3, 0.4) is 0 Å². The second-order valence-corrected chi connectivity index (χ2v) is 4.13. The van der Waals surface area contributed by atoms with E-state index in [0.717, 1.165) is 11.1 Å². The number of rotatable bonds is 1. The molecule has 1 heterocycles. The van der Waals surface area contributed by atoms with Crippen LogP contribution in [0, 0.1) is 0 Å². The van der Waals surface area contributed by atoms with Gasteiger partial charge in [0, 0.05) is 11.6 Å². The lowest BCUT2D eigenvalue weighted by Gasteiger charge is -2.10. The first-order valence-electron chi connectivity index (χ1n) is 5.50. The maximum absolute atomic E-state index is 9.43. The summed E-state index contributed by atoms with van der Waals surface area (Å²) in [6.45, 7) is 3.95. The number of fused-ring (bicyclic) bond motifs is 1. The Bertz CT molecular complexity index is 573. The average Bonchev–Trinajstić information content (AvgIpc) is 2.65. The van der Waals surface area contributed by atoms with Gasteiger partial charge in [-0.15, -0.1) is 0 Å². The molecular formula is C15H12O2. The number of aromatic hydroxyl groups is 1. The molecule has 2 aromatic rings. The highest BCUT2D eigenvalue weighted by atomic mass is 16.5. The van der Waals surface area contributed by atoms with Gasteiger partial charge in [0.15, 0.2) is 0 Å². The molecular weight excluding hydrogens is 212 g/mol. The number of allylic oxidation sites excluding steroid dienone is 1. The molecule has 2 nitrogen and oxygen atoms in total. The minimum atomic E-state index is 0.0619. The molecule has 0 aromatic heterocycles. The van der Waals surface area contributed by atoms with Crippen LogP contribution in [0.2, 0.25) is 0 Å². The largest absolute Gasteiger partial charge is 0.508 e. The molecule has 0 saturated carbocycles. The average molecular weight is 224 g/mol. The molecule has 1 atom stereocenters. The van der Waals surface area contributed by atoms with Crippen molar-refractivity contribution in [2.75, 3.05) is 0 Å². The zero-order chi connectivity index (χ0) is 11.8. The van der Waals surface area contributed by atoms with E-state index >= 15 is 0 Å². The van der Waals surface area contributed by atoms with Gasteiger partial charge in [0.05, 0.1) is 5.92 Å². The molecule has 1 aliphatic heterocycles. The summed E-state index contributed by atoms with van der Waals surface area (Å²) in [5.74, 6) is 1.68. The first-order valence-corrected chi connectivity index (χ1v) is 5.50. The molecule has 2 aromatic carbocycles. The standard InChI is InChI=1S/C15H12O2/c1-10-15(11-5-3-2-4-6-11)13-8-7-12(16)9-14(13)17-10/h2-9,15-16H,1H2/t15-/m1/s1. The Kier molecular flexibility index (Phi) is 2.15. The third kappa shape index (κ3) is 1.58. The third-order valence-corrected chi connectivity index (χ3v) is 3.00. The van der Waals surface area contributed by atoms with Gasteiger partial charge in [-0.2, -0.15) is 0 Å². The van der Waals surface area contributed by atoms with Crippen molar-refractivity contribution in [3.8, 4) is 11.5 Å². The number of phenolic OH excluding ortho intramolecular Hbond substituents is 1. The maximum Gasteiger partial charge on any atom is 0.134 e. The highest BCUT2D eigenvalue weighted by Gasteiger charge is 2.29. The summed E-state index contributed by atoms with van der Waals surface area (Å²) in [5, 5.41) is 9.43. The smallest absolute Gasteiger partial charge is 0.134 e. The van der Waals surface area contributed by atoms with Crippen LogP contribution in [0.25, 0.3) is 0 Å². The minimum absolute atomic E-state index is 0.0619. The molecule has 0 bridgehead atoms. The van der Waals surface area contributed by atoms with Crippen molar-refractivity contribution in [3.05, 3.63) is 72.0 Å². The fourth-order valence-electron chi connectivity index (χ4n) is 2.23. The van der Waals surface area contributed by atoms with Crippen LogP contribution < -0.4 is 4.74 Å². The zero-order valence-corrected chi connectivity index (χ0v) is 9.26. The number of hydrogen-bond donors (Lipinski definition) is 1. The van der Waals surface area contributed by atoms with Crippen molar-refractivity contribution < 1.29 is 9.84 Å². The van der Waals surface area contributed by atoms with Gasteiger partial charge < -0.3 is 9.84 Å². The Morgan fingerprint density at radius 3 is 2.59 bits per heavy atom. The van der Waals surface area contributed by atoms with Gasteiger partial charge in [0.25, 0.3) is 0 Å². The van der Waals surface area contributed by atoms with E-state index in [1.807, 2.05) is 24.3 Å². The highest BCUT2D eigenvalue weighted by molar-refractivity contribution is 5.53. The van der Waals surface area contributed by atoms with Crippen LogP contribution in [0.1, 0.15) is 17.0 Å². The number of phenols is 1. The molecule has 3 rings (SSSR count). The maximum atomic E-state index is 9.43. The number of benzene rings is 2. The monoisotopic (exact) mass is 224 g/mol. The predicted molar refractivity (Wildman–Crippen MR) is 66.2 cm³/mol. The first-order chi connectivity index (χ1) is 8.25. The quantitative estimate of drug-likeness (QED) is 0.804. The molecule has 0 radical (unpaired) electrons. The summed E-state index contributed by atoms with van der Waals surface area (Å²) >= 11 is 0. The lowest BCUT2D eigenvalue weighted by molar-refractivity contribution is 0.431. The van der Waals surface area contributed by atoms with E-state index in [9.17, 15) is 5.11 Å². The van der Waals surface area contributed by atoms with E-state index in [0.29, 0.717) is 11.5 Å². The van der Waals surface area contributed by atoms with Gasteiger partial charge in [-0.3, -0.25) is 0 Å². The Morgan fingerprint density at radius 2 is 1.82 bits per heavy atom. The Labute approximate surface area is 99.8 Å². The summed E-state index contributed by atoms with van der Waals surface area (Å²) in [5.41, 5.74) is 2.21. The van der Waals surface area contributed by atoms with Gasteiger partial charge in [-0.25, -0.2) is 0 Å². The molecule has 0 unspecified atom stereocenters. The molecule has 1 N–H and O–H groups in total. The molecule has 0 amide bonds. The Morgan fingerprint density at radius 1 is 1.06 bits per heavy atom. The van der Waals surface area contributed by atoms with E-state index in [1.54, 1.807) is 12.1 Å². The first kappa shape index (κ1) is 9.97. The lowest BCUT2D eigenvalue weighted by Crippen LogP contribution is -1.99. The molecule has 0 saturated heterocycles. The van der Waals surface area contributed by atoms with Crippen LogP contribution in [-0.2, 0) is 0 Å². The van der Waals surface area contributed by atoms with Gasteiger partial charge in [0.2, 0.25) is 0 Å². The van der Waals surface area contributed by atoms with Crippen molar-refractivity contribution in [1.82, 2.24) is 0 Å². The number of hydrogen-bond acceptors (Lipinski definition) is 2. The molecule has 84 valence electrons. The molecule has 0 fully saturated rings. The molecule has 0 aliphatic carbocycles. The van der Waals surface area contributed by atoms with Crippen LogP contribution in [-0.4, -0.2) is 5.11 Å². The lowest BCUT2D eigenvalue weighted by atomic mass is 9.91. The van der Waals surface area contributed by atoms with Crippen molar-refractivity contribution >= 4 is 0 Å². The van der Waals surface area contributed by atoms with Crippen molar-refractivity contribution in [1.29, 1.82) is 0 Å². The fourth-order valence-corrected chi connectivity index (χ4v) is 2.23. The second kappa shape index (κ2) is 3.67. The van der Waals surface area contributed by atoms with Crippen molar-refractivity contribution in [2.24, 2.45) is 0 Å². The fraction of sp³-hybridized carbons (Fsp3) is 0.0667. The van der Waals surface area contributed by atoms with Crippen molar-refractivity contribution in [2.45, 2.75) is 5.92 Å². The molecule has 0 spiro atoms. The van der Waals surface area contributed by atoms with Gasteiger partial charge in [-0.1, -0.05) is 43.0 Å². The van der Waals surface area contributed by atoms with E-state index in [-0.39, 0.29) is 11.7 Å². The SMILES string of the molecule is C=C1Oc2cc(O)ccc2[C@H]1c1ccccc1. The predicted octanol–water partition coefficient (Wildman–Crippen LogP) is 3.43. The highest BCUT2D eigenvalue weighted by Crippen LogP contribution is 2.44. The van der Waals surface area contributed by atoms with Crippen molar-refractivity contribution in [3.63, 3.8) is 0 Å². The molecule has 1 aliphatic rings. The second-order valence-electron chi connectivity index (χ2n) is 4.13. The van der Waals surface area contributed by atoms with Gasteiger partial charge >= 0.3 is 0 Å². The van der Waals surface area contributed by atoms with E-state index < -0.39 is 0 Å². The van der Waals surface area contributed by atoms with E-state index in [2.05, 4.69) is 18.7 Å².